The van der Waals surface area contributed by atoms with Crippen LogP contribution in [0, 0.1) is 0 Å². The van der Waals surface area contributed by atoms with E-state index in [2.05, 4.69) is 9.97 Å². The highest BCUT2D eigenvalue weighted by Gasteiger charge is 2.30. The lowest BCUT2D eigenvalue weighted by Crippen LogP contribution is -2.52. The number of benzene rings is 1. The van der Waals surface area contributed by atoms with Gasteiger partial charge in [0, 0.05) is 18.8 Å². The lowest BCUT2D eigenvalue weighted by molar-refractivity contribution is -0.120. The van der Waals surface area contributed by atoms with Crippen LogP contribution in [0.15, 0.2) is 30.3 Å². The lowest BCUT2D eigenvalue weighted by atomic mass is 10.1. The van der Waals surface area contributed by atoms with E-state index in [1.807, 2.05) is 32.0 Å². The summed E-state index contributed by atoms with van der Waals surface area (Å²) in [6, 6.07) is 8.96. The Kier molecular flexibility index (Phi) is 5.25. The highest BCUT2D eigenvalue weighted by atomic mass is 16.5. The summed E-state index contributed by atoms with van der Waals surface area (Å²) in [6.45, 7) is 4.67. The molecule has 1 saturated heterocycles. The van der Waals surface area contributed by atoms with Gasteiger partial charge >= 0.3 is 0 Å². The fraction of sp³-hybridized carbons (Fsp3) is 0.368. The average Bonchev–Trinajstić information content (AvgIpc) is 2.66. The van der Waals surface area contributed by atoms with Crippen molar-refractivity contribution in [2.24, 2.45) is 0 Å². The molecule has 1 aromatic heterocycles. The number of hydrogen-bond donors (Lipinski definition) is 1. The molecular weight excluding hydrogens is 346 g/mol. The minimum Gasteiger partial charge on any atom is -0.495 e. The smallest absolute Gasteiger partial charge is 0.273 e. The second kappa shape index (κ2) is 7.61. The topological polar surface area (TPSA) is 102 Å². The molecule has 0 bridgehead atoms. The highest BCUT2D eigenvalue weighted by molar-refractivity contribution is 6.01. The molecule has 2 aromatic rings. The number of nitrogen functional groups attached to an aromatic ring is 1. The predicted octanol–water partition coefficient (Wildman–Crippen LogP) is 1.68. The van der Waals surface area contributed by atoms with Crippen LogP contribution in [-0.2, 0) is 4.79 Å². The fourth-order valence-corrected chi connectivity index (χ4v) is 3.01. The van der Waals surface area contributed by atoms with Crippen molar-refractivity contribution in [1.29, 1.82) is 0 Å². The van der Waals surface area contributed by atoms with Gasteiger partial charge in [-0.25, -0.2) is 9.97 Å². The van der Waals surface area contributed by atoms with Crippen LogP contribution >= 0.6 is 0 Å². The number of hydrogen-bond acceptors (Lipinski definition) is 6. The number of aromatic nitrogens is 2. The number of methoxy groups -OCH3 is 1. The lowest BCUT2D eigenvalue weighted by Gasteiger charge is -2.34. The molecule has 3 rings (SSSR count). The molecule has 0 atom stereocenters. The van der Waals surface area contributed by atoms with Crippen LogP contribution in [0.3, 0.4) is 0 Å². The first-order valence-electron chi connectivity index (χ1n) is 8.77. The van der Waals surface area contributed by atoms with Crippen molar-refractivity contribution in [2.45, 2.75) is 19.8 Å². The number of rotatable bonds is 4. The summed E-state index contributed by atoms with van der Waals surface area (Å²) < 4.78 is 5.33. The summed E-state index contributed by atoms with van der Waals surface area (Å²) in [5.74, 6) is 0.300. The molecule has 8 nitrogen and oxygen atoms in total. The number of piperazine rings is 1. The standard InChI is InChI=1S/C19H23N5O3/c1-12(2)13-10-14(22-19(20)21-13)18(26)23-8-9-24(17(25)11-23)15-6-4-5-7-16(15)27-3/h4-7,10,12H,8-9,11H2,1-3H3,(H2,20,21,22). The largest absolute Gasteiger partial charge is 0.495 e. The number of amides is 2. The van der Waals surface area contributed by atoms with Crippen molar-refractivity contribution in [2.75, 3.05) is 37.4 Å². The van der Waals surface area contributed by atoms with Gasteiger partial charge in [0.1, 0.15) is 18.0 Å². The Balaban J connectivity index is 1.78. The Bertz CT molecular complexity index is 868. The summed E-state index contributed by atoms with van der Waals surface area (Å²) in [5.41, 5.74) is 7.35. The van der Waals surface area contributed by atoms with E-state index in [0.29, 0.717) is 30.2 Å². The van der Waals surface area contributed by atoms with Gasteiger partial charge in [0.25, 0.3) is 5.91 Å². The van der Waals surface area contributed by atoms with Gasteiger partial charge in [-0.05, 0) is 24.1 Å². The zero-order chi connectivity index (χ0) is 19.6. The number of nitrogens with two attached hydrogens (primary N) is 1. The third kappa shape index (κ3) is 3.84. The second-order valence-electron chi connectivity index (χ2n) is 6.63. The van der Waals surface area contributed by atoms with E-state index in [9.17, 15) is 9.59 Å². The monoisotopic (exact) mass is 369 g/mol. The van der Waals surface area contributed by atoms with Crippen molar-refractivity contribution < 1.29 is 14.3 Å². The molecule has 0 aliphatic carbocycles. The molecule has 0 spiro atoms. The first kappa shape index (κ1) is 18.6. The maximum absolute atomic E-state index is 12.8. The molecule has 142 valence electrons. The van der Waals surface area contributed by atoms with Gasteiger partial charge in [-0.3, -0.25) is 9.59 Å². The van der Waals surface area contributed by atoms with Crippen molar-refractivity contribution >= 4 is 23.5 Å². The van der Waals surface area contributed by atoms with E-state index in [-0.39, 0.29) is 35.9 Å². The van der Waals surface area contributed by atoms with Crippen LogP contribution in [0.1, 0.15) is 35.9 Å². The van der Waals surface area contributed by atoms with Crippen LogP contribution in [0.4, 0.5) is 11.6 Å². The Morgan fingerprint density at radius 1 is 1.22 bits per heavy atom. The zero-order valence-electron chi connectivity index (χ0n) is 15.7. The first-order valence-corrected chi connectivity index (χ1v) is 8.77. The number of anilines is 2. The predicted molar refractivity (Wildman–Crippen MR) is 102 cm³/mol. The third-order valence-electron chi connectivity index (χ3n) is 4.46. The van der Waals surface area contributed by atoms with Gasteiger partial charge in [0.15, 0.2) is 0 Å². The molecule has 2 amide bonds. The van der Waals surface area contributed by atoms with Gasteiger partial charge in [0.05, 0.1) is 12.8 Å². The summed E-state index contributed by atoms with van der Waals surface area (Å²) in [6.07, 6.45) is 0. The number of carbonyl (C=O) groups excluding carboxylic acids is 2. The van der Waals surface area contributed by atoms with Crippen LogP contribution in [-0.4, -0.2) is 53.4 Å². The van der Waals surface area contributed by atoms with E-state index < -0.39 is 0 Å². The van der Waals surface area contributed by atoms with E-state index >= 15 is 0 Å². The minimum atomic E-state index is -0.320. The molecule has 2 N–H and O–H groups in total. The normalized spacial score (nSPS) is 14.6. The molecule has 1 aliphatic rings. The van der Waals surface area contributed by atoms with Crippen molar-refractivity contribution in [3.05, 3.63) is 41.7 Å². The molecule has 0 unspecified atom stereocenters. The van der Waals surface area contributed by atoms with Crippen LogP contribution in [0.5, 0.6) is 5.75 Å². The number of ether oxygens (including phenoxy) is 1. The van der Waals surface area contributed by atoms with Crippen molar-refractivity contribution in [3.63, 3.8) is 0 Å². The number of para-hydroxylation sites is 2. The van der Waals surface area contributed by atoms with Gasteiger partial charge < -0.3 is 20.3 Å². The third-order valence-corrected chi connectivity index (χ3v) is 4.46. The Morgan fingerprint density at radius 3 is 2.63 bits per heavy atom. The average molecular weight is 369 g/mol. The van der Waals surface area contributed by atoms with Gasteiger partial charge in [-0.15, -0.1) is 0 Å². The van der Waals surface area contributed by atoms with Gasteiger partial charge in [0.2, 0.25) is 11.9 Å². The summed E-state index contributed by atoms with van der Waals surface area (Å²) >= 11 is 0. The van der Waals surface area contributed by atoms with Gasteiger partial charge in [-0.1, -0.05) is 26.0 Å². The molecule has 1 fully saturated rings. The van der Waals surface area contributed by atoms with E-state index in [4.69, 9.17) is 10.5 Å². The summed E-state index contributed by atoms with van der Waals surface area (Å²) in [4.78, 5) is 36.8. The molecule has 0 radical (unpaired) electrons. The van der Waals surface area contributed by atoms with Gasteiger partial charge in [-0.2, -0.15) is 0 Å². The molecule has 27 heavy (non-hydrogen) atoms. The van der Waals surface area contributed by atoms with Crippen molar-refractivity contribution in [1.82, 2.24) is 14.9 Å². The second-order valence-corrected chi connectivity index (χ2v) is 6.63. The Labute approximate surface area is 158 Å². The first-order chi connectivity index (χ1) is 12.9. The fourth-order valence-electron chi connectivity index (χ4n) is 3.01. The summed E-state index contributed by atoms with van der Waals surface area (Å²) in [7, 11) is 1.56. The minimum absolute atomic E-state index is 0.0300. The SMILES string of the molecule is COc1ccccc1N1CCN(C(=O)c2cc(C(C)C)nc(N)n2)CC1=O. The molecular formula is C19H23N5O3. The molecule has 8 heteroatoms. The van der Waals surface area contributed by atoms with E-state index in [0.717, 1.165) is 0 Å². The van der Waals surface area contributed by atoms with E-state index in [1.54, 1.807) is 24.1 Å². The molecule has 0 saturated carbocycles. The quantitative estimate of drug-likeness (QED) is 0.880. The maximum atomic E-state index is 12.8. The van der Waals surface area contributed by atoms with E-state index in [1.165, 1.54) is 4.90 Å². The number of nitrogens with zero attached hydrogens (tertiary/aromatic N) is 4. The maximum Gasteiger partial charge on any atom is 0.273 e. The van der Waals surface area contributed by atoms with Crippen molar-refractivity contribution in [3.8, 4) is 5.75 Å². The zero-order valence-corrected chi connectivity index (χ0v) is 15.7. The number of carbonyl (C=O) groups is 2. The Morgan fingerprint density at radius 2 is 1.96 bits per heavy atom. The molecule has 2 heterocycles. The molecule has 1 aromatic carbocycles. The highest BCUT2D eigenvalue weighted by Crippen LogP contribution is 2.29. The summed E-state index contributed by atoms with van der Waals surface area (Å²) in [5, 5.41) is 0. The van der Waals surface area contributed by atoms with Crippen LogP contribution < -0.4 is 15.4 Å². The van der Waals surface area contributed by atoms with Crippen LogP contribution in [0.25, 0.3) is 0 Å². The molecule has 1 aliphatic heterocycles. The van der Waals surface area contributed by atoms with Crippen LogP contribution in [0.2, 0.25) is 0 Å². The Hall–Kier alpha value is -3.16.